The molecule has 1 rings (SSSR count). The fourth-order valence-electron chi connectivity index (χ4n) is 2.51. The van der Waals surface area contributed by atoms with Gasteiger partial charge in [0.2, 0.25) is 0 Å². The highest BCUT2D eigenvalue weighted by atomic mass is 16.3. The number of likely N-dealkylation sites (N-methyl/N-ethyl adjacent to an activating group) is 2. The fourth-order valence-corrected chi connectivity index (χ4v) is 2.51. The summed E-state index contributed by atoms with van der Waals surface area (Å²) in [6.07, 6.45) is 3.65. The molecule has 1 saturated carbocycles. The average Bonchev–Trinajstić information content (AvgIpc) is 3.16. The lowest BCUT2D eigenvalue weighted by atomic mass is 9.93. The highest BCUT2D eigenvalue weighted by molar-refractivity contribution is 5.02. The lowest BCUT2D eigenvalue weighted by molar-refractivity contribution is 0.0982. The van der Waals surface area contributed by atoms with Crippen molar-refractivity contribution in [3.63, 3.8) is 0 Å². The maximum atomic E-state index is 9.84. The molecular weight excluding hydrogens is 226 g/mol. The molecule has 0 aromatic heterocycles. The van der Waals surface area contributed by atoms with Crippen molar-refractivity contribution in [1.29, 1.82) is 0 Å². The number of aliphatic hydroxyl groups is 1. The smallest absolute Gasteiger partial charge is 0.0628 e. The third kappa shape index (κ3) is 4.84. The van der Waals surface area contributed by atoms with Crippen molar-refractivity contribution in [1.82, 2.24) is 15.1 Å². The van der Waals surface area contributed by atoms with E-state index in [2.05, 4.69) is 43.2 Å². The van der Waals surface area contributed by atoms with Gasteiger partial charge in [0.05, 0.1) is 12.1 Å². The average molecular weight is 257 g/mol. The predicted octanol–water partition coefficient (Wildman–Crippen LogP) is 0.621. The van der Waals surface area contributed by atoms with E-state index in [9.17, 15) is 5.11 Å². The topological polar surface area (TPSA) is 38.7 Å². The predicted molar refractivity (Wildman–Crippen MR) is 76.9 cm³/mol. The Kier molecular flexibility index (Phi) is 6.57. The second-order valence-corrected chi connectivity index (χ2v) is 6.06. The van der Waals surface area contributed by atoms with Crippen molar-refractivity contribution in [2.24, 2.45) is 5.92 Å². The van der Waals surface area contributed by atoms with Crippen LogP contribution in [-0.2, 0) is 0 Å². The first kappa shape index (κ1) is 15.9. The van der Waals surface area contributed by atoms with E-state index < -0.39 is 0 Å². The van der Waals surface area contributed by atoms with Gasteiger partial charge < -0.3 is 20.2 Å². The molecule has 1 atom stereocenters. The lowest BCUT2D eigenvalue weighted by Crippen LogP contribution is -2.58. The number of rotatable bonds is 10. The van der Waals surface area contributed by atoms with Crippen LogP contribution in [0.3, 0.4) is 0 Å². The molecule has 0 spiro atoms. The molecule has 1 unspecified atom stereocenters. The van der Waals surface area contributed by atoms with Gasteiger partial charge >= 0.3 is 0 Å². The second-order valence-electron chi connectivity index (χ2n) is 6.06. The van der Waals surface area contributed by atoms with Crippen LogP contribution in [0, 0.1) is 5.92 Å². The van der Waals surface area contributed by atoms with E-state index in [1.54, 1.807) is 0 Å². The van der Waals surface area contributed by atoms with Crippen LogP contribution in [0.4, 0.5) is 0 Å². The van der Waals surface area contributed by atoms with E-state index in [1.807, 2.05) is 0 Å². The second kappa shape index (κ2) is 7.43. The molecule has 1 aliphatic rings. The molecule has 2 N–H and O–H groups in total. The minimum Gasteiger partial charge on any atom is -0.394 e. The normalized spacial score (nSPS) is 19.5. The summed E-state index contributed by atoms with van der Waals surface area (Å²) in [7, 11) is 6.36. The number of nitrogens with one attached hydrogen (secondary N) is 1. The van der Waals surface area contributed by atoms with Crippen molar-refractivity contribution >= 4 is 0 Å². The molecule has 18 heavy (non-hydrogen) atoms. The third-order valence-electron chi connectivity index (χ3n) is 3.85. The van der Waals surface area contributed by atoms with Gasteiger partial charge in [-0.3, -0.25) is 0 Å². The summed E-state index contributed by atoms with van der Waals surface area (Å²) in [5, 5.41) is 13.4. The Morgan fingerprint density at radius 1 is 1.22 bits per heavy atom. The minimum atomic E-state index is -0.0723. The van der Waals surface area contributed by atoms with Gasteiger partial charge in [-0.25, -0.2) is 0 Å². The number of nitrogens with zero attached hydrogens (tertiary/aromatic N) is 2. The van der Waals surface area contributed by atoms with Gasteiger partial charge in [0.15, 0.2) is 0 Å². The number of hydrogen-bond donors (Lipinski definition) is 2. The van der Waals surface area contributed by atoms with Crippen LogP contribution in [0.2, 0.25) is 0 Å². The zero-order valence-electron chi connectivity index (χ0n) is 12.6. The molecule has 4 heteroatoms. The van der Waals surface area contributed by atoms with Gasteiger partial charge in [-0.15, -0.1) is 0 Å². The van der Waals surface area contributed by atoms with Crippen LogP contribution < -0.4 is 5.32 Å². The molecule has 0 aromatic rings. The molecule has 108 valence electrons. The SMILES string of the molecule is CCCNC(CO)(CN(C)CCN(C)C)C1CC1. The monoisotopic (exact) mass is 257 g/mol. The maximum absolute atomic E-state index is 9.84. The lowest BCUT2D eigenvalue weighted by Gasteiger charge is -2.37. The van der Waals surface area contributed by atoms with Gasteiger partial charge in [-0.1, -0.05) is 6.92 Å². The summed E-state index contributed by atoms with van der Waals surface area (Å²) in [5.74, 6) is 0.663. The van der Waals surface area contributed by atoms with Crippen LogP contribution in [0.5, 0.6) is 0 Å². The zero-order chi connectivity index (χ0) is 13.6. The molecule has 1 fully saturated rings. The Labute approximate surface area is 112 Å². The van der Waals surface area contributed by atoms with Crippen molar-refractivity contribution < 1.29 is 5.11 Å². The molecule has 0 bridgehead atoms. The zero-order valence-corrected chi connectivity index (χ0v) is 12.6. The van der Waals surface area contributed by atoms with Crippen molar-refractivity contribution in [2.75, 3.05) is 53.9 Å². The molecule has 0 heterocycles. The molecule has 0 saturated heterocycles. The van der Waals surface area contributed by atoms with Gasteiger partial charge in [-0.2, -0.15) is 0 Å². The first-order chi connectivity index (χ1) is 8.54. The van der Waals surface area contributed by atoms with Gasteiger partial charge in [0.1, 0.15) is 0 Å². The summed E-state index contributed by atoms with van der Waals surface area (Å²) in [6.45, 7) is 6.49. The Morgan fingerprint density at radius 2 is 1.89 bits per heavy atom. The van der Waals surface area contributed by atoms with E-state index in [0.29, 0.717) is 5.92 Å². The molecule has 0 radical (unpaired) electrons. The molecule has 0 amide bonds. The Morgan fingerprint density at radius 3 is 2.33 bits per heavy atom. The Balaban J connectivity index is 2.48. The summed E-state index contributed by atoms with van der Waals surface area (Å²) < 4.78 is 0. The third-order valence-corrected chi connectivity index (χ3v) is 3.85. The van der Waals surface area contributed by atoms with Crippen LogP contribution >= 0.6 is 0 Å². The minimum absolute atomic E-state index is 0.0723. The van der Waals surface area contributed by atoms with Crippen LogP contribution in [0.15, 0.2) is 0 Å². The van der Waals surface area contributed by atoms with E-state index in [4.69, 9.17) is 0 Å². The van der Waals surface area contributed by atoms with E-state index in [-0.39, 0.29) is 12.1 Å². The van der Waals surface area contributed by atoms with E-state index in [1.165, 1.54) is 12.8 Å². The van der Waals surface area contributed by atoms with Crippen molar-refractivity contribution in [2.45, 2.75) is 31.7 Å². The van der Waals surface area contributed by atoms with Crippen molar-refractivity contribution in [3.05, 3.63) is 0 Å². The molecule has 4 nitrogen and oxygen atoms in total. The number of aliphatic hydroxyl groups excluding tert-OH is 1. The van der Waals surface area contributed by atoms with Crippen LogP contribution in [-0.4, -0.2) is 74.4 Å². The summed E-state index contributed by atoms with van der Waals surface area (Å²) in [4.78, 5) is 4.55. The van der Waals surface area contributed by atoms with Crippen LogP contribution in [0.25, 0.3) is 0 Å². The number of hydrogen-bond acceptors (Lipinski definition) is 4. The van der Waals surface area contributed by atoms with Gasteiger partial charge in [0.25, 0.3) is 0 Å². The highest BCUT2D eigenvalue weighted by Gasteiger charge is 2.44. The highest BCUT2D eigenvalue weighted by Crippen LogP contribution is 2.40. The standard InChI is InChI=1S/C14H31N3O/c1-5-8-15-14(12-18,13-6-7-13)11-17(4)10-9-16(2)3/h13,15,18H,5-12H2,1-4H3. The van der Waals surface area contributed by atoms with E-state index >= 15 is 0 Å². The van der Waals surface area contributed by atoms with E-state index in [0.717, 1.165) is 32.6 Å². The maximum Gasteiger partial charge on any atom is 0.0628 e. The van der Waals surface area contributed by atoms with Crippen LogP contribution in [0.1, 0.15) is 26.2 Å². The van der Waals surface area contributed by atoms with Gasteiger partial charge in [0, 0.05) is 19.6 Å². The first-order valence-corrected chi connectivity index (χ1v) is 7.23. The first-order valence-electron chi connectivity index (χ1n) is 7.23. The largest absolute Gasteiger partial charge is 0.394 e. The molecule has 0 aliphatic heterocycles. The van der Waals surface area contributed by atoms with Gasteiger partial charge in [-0.05, 0) is 52.9 Å². The quantitative estimate of drug-likeness (QED) is 0.602. The molecule has 1 aliphatic carbocycles. The summed E-state index contributed by atoms with van der Waals surface area (Å²) in [5.41, 5.74) is -0.0723. The summed E-state index contributed by atoms with van der Waals surface area (Å²) >= 11 is 0. The molecular formula is C14H31N3O. The van der Waals surface area contributed by atoms with Crippen molar-refractivity contribution in [3.8, 4) is 0 Å². The molecule has 0 aromatic carbocycles. The Hall–Kier alpha value is -0.160. The summed E-state index contributed by atoms with van der Waals surface area (Å²) in [6, 6.07) is 0. The Bertz CT molecular complexity index is 231. The fraction of sp³-hybridized carbons (Fsp3) is 1.00.